The number of piperazine rings is 1. The van der Waals surface area contributed by atoms with Crippen LogP contribution in [0, 0.1) is 0 Å². The monoisotopic (exact) mass is 336 g/mol. The average Bonchev–Trinajstić information content (AvgIpc) is 3.19. The van der Waals surface area contributed by atoms with E-state index in [1.807, 2.05) is 22.4 Å². The van der Waals surface area contributed by atoms with Gasteiger partial charge in [0.25, 0.3) is 0 Å². The van der Waals surface area contributed by atoms with Crippen LogP contribution in [0.15, 0.2) is 6.20 Å². The molecule has 23 heavy (non-hydrogen) atoms. The van der Waals surface area contributed by atoms with Gasteiger partial charge in [0.1, 0.15) is 5.01 Å². The summed E-state index contributed by atoms with van der Waals surface area (Å²) in [5.74, 6) is 0.865. The summed E-state index contributed by atoms with van der Waals surface area (Å²) < 4.78 is 0. The molecule has 5 nitrogen and oxygen atoms in total. The molecule has 1 aromatic rings. The molecule has 3 rings (SSSR count). The van der Waals surface area contributed by atoms with Gasteiger partial charge >= 0.3 is 0 Å². The summed E-state index contributed by atoms with van der Waals surface area (Å²) in [6, 6.07) is 0. The van der Waals surface area contributed by atoms with Crippen molar-refractivity contribution in [2.75, 3.05) is 45.8 Å². The summed E-state index contributed by atoms with van der Waals surface area (Å²) >= 11 is 1.82. The lowest BCUT2D eigenvalue weighted by Gasteiger charge is -2.35. The van der Waals surface area contributed by atoms with Gasteiger partial charge in [-0.05, 0) is 31.8 Å². The standard InChI is InChI=1S/C17H28N4OS/c1-14(2)15-11-18-16(23-15)12-20-7-9-21(10-8-20)17(22)13-19-5-3-4-6-19/h11,14H,3-10,12-13H2,1-2H3. The number of aromatic nitrogens is 1. The number of amides is 1. The first-order chi connectivity index (χ1) is 11.1. The number of hydrogen-bond acceptors (Lipinski definition) is 5. The Hall–Kier alpha value is -0.980. The van der Waals surface area contributed by atoms with Gasteiger partial charge in [-0.15, -0.1) is 11.3 Å². The molecule has 0 N–H and O–H groups in total. The third-order valence-electron chi connectivity index (χ3n) is 4.78. The van der Waals surface area contributed by atoms with Crippen LogP contribution in [-0.4, -0.2) is 71.4 Å². The van der Waals surface area contributed by atoms with E-state index in [9.17, 15) is 4.79 Å². The molecule has 0 atom stereocenters. The second-order valence-electron chi connectivity index (χ2n) is 6.95. The van der Waals surface area contributed by atoms with Crippen LogP contribution in [0.4, 0.5) is 0 Å². The van der Waals surface area contributed by atoms with E-state index in [0.717, 1.165) is 45.8 Å². The minimum atomic E-state index is 0.308. The molecule has 0 saturated carbocycles. The van der Waals surface area contributed by atoms with Crippen LogP contribution in [0.3, 0.4) is 0 Å². The van der Waals surface area contributed by atoms with Crippen molar-refractivity contribution in [1.82, 2.24) is 19.7 Å². The smallest absolute Gasteiger partial charge is 0.236 e. The first-order valence-electron chi connectivity index (χ1n) is 8.79. The molecule has 3 heterocycles. The second-order valence-corrected chi connectivity index (χ2v) is 8.10. The highest BCUT2D eigenvalue weighted by Crippen LogP contribution is 2.23. The highest BCUT2D eigenvalue weighted by molar-refractivity contribution is 7.11. The molecule has 2 saturated heterocycles. The Bertz CT molecular complexity index is 516. The molecule has 1 aromatic heterocycles. The van der Waals surface area contributed by atoms with Crippen LogP contribution >= 0.6 is 11.3 Å². The van der Waals surface area contributed by atoms with Crippen LogP contribution in [-0.2, 0) is 11.3 Å². The van der Waals surface area contributed by atoms with Gasteiger partial charge in [-0.2, -0.15) is 0 Å². The van der Waals surface area contributed by atoms with Crippen LogP contribution in [0.5, 0.6) is 0 Å². The molecule has 0 aromatic carbocycles. The molecular formula is C17H28N4OS. The molecule has 0 radical (unpaired) electrons. The number of rotatable bonds is 5. The van der Waals surface area contributed by atoms with Crippen molar-refractivity contribution in [3.05, 3.63) is 16.1 Å². The quantitative estimate of drug-likeness (QED) is 0.825. The predicted octanol–water partition coefficient (Wildman–Crippen LogP) is 2.01. The van der Waals surface area contributed by atoms with E-state index in [-0.39, 0.29) is 0 Å². The summed E-state index contributed by atoms with van der Waals surface area (Å²) in [4.78, 5) is 25.0. The summed E-state index contributed by atoms with van der Waals surface area (Å²) in [5.41, 5.74) is 0. The van der Waals surface area contributed by atoms with Crippen LogP contribution < -0.4 is 0 Å². The van der Waals surface area contributed by atoms with Crippen molar-refractivity contribution < 1.29 is 4.79 Å². The van der Waals surface area contributed by atoms with E-state index in [2.05, 4.69) is 28.6 Å². The molecule has 0 aliphatic carbocycles. The van der Waals surface area contributed by atoms with Gasteiger partial charge in [-0.1, -0.05) is 13.8 Å². The average molecular weight is 337 g/mol. The normalized spacial score (nSPS) is 20.6. The van der Waals surface area contributed by atoms with E-state index >= 15 is 0 Å². The molecule has 128 valence electrons. The lowest BCUT2D eigenvalue weighted by Crippen LogP contribution is -2.50. The highest BCUT2D eigenvalue weighted by atomic mass is 32.1. The minimum Gasteiger partial charge on any atom is -0.339 e. The Balaban J connectivity index is 1.43. The second kappa shape index (κ2) is 7.73. The minimum absolute atomic E-state index is 0.308. The summed E-state index contributed by atoms with van der Waals surface area (Å²) in [5, 5.41) is 1.20. The highest BCUT2D eigenvalue weighted by Gasteiger charge is 2.24. The zero-order valence-electron chi connectivity index (χ0n) is 14.3. The van der Waals surface area contributed by atoms with Crippen molar-refractivity contribution in [3.63, 3.8) is 0 Å². The maximum absolute atomic E-state index is 12.4. The van der Waals surface area contributed by atoms with Gasteiger partial charge in [0.2, 0.25) is 5.91 Å². The molecule has 0 unspecified atom stereocenters. The molecule has 2 aliphatic rings. The molecule has 0 spiro atoms. The fraction of sp³-hybridized carbons (Fsp3) is 0.765. The summed E-state index contributed by atoms with van der Waals surface area (Å²) in [6.45, 7) is 11.8. The molecule has 2 fully saturated rings. The third kappa shape index (κ3) is 4.52. The van der Waals surface area contributed by atoms with E-state index in [0.29, 0.717) is 18.4 Å². The number of carbonyl (C=O) groups is 1. The van der Waals surface area contributed by atoms with E-state index in [1.54, 1.807) is 0 Å². The molecule has 6 heteroatoms. The van der Waals surface area contributed by atoms with Crippen molar-refractivity contribution in [3.8, 4) is 0 Å². The molecular weight excluding hydrogens is 308 g/mol. The van der Waals surface area contributed by atoms with E-state index in [1.165, 1.54) is 22.7 Å². The lowest BCUT2D eigenvalue weighted by molar-refractivity contribution is -0.134. The van der Waals surface area contributed by atoms with Crippen molar-refractivity contribution in [2.45, 2.75) is 39.2 Å². The number of carbonyl (C=O) groups excluding carboxylic acids is 1. The number of nitrogens with zero attached hydrogens (tertiary/aromatic N) is 4. The zero-order valence-corrected chi connectivity index (χ0v) is 15.1. The Morgan fingerprint density at radius 2 is 1.83 bits per heavy atom. The van der Waals surface area contributed by atoms with Crippen LogP contribution in [0.2, 0.25) is 0 Å². The zero-order chi connectivity index (χ0) is 16.2. The largest absolute Gasteiger partial charge is 0.339 e. The van der Waals surface area contributed by atoms with E-state index in [4.69, 9.17) is 0 Å². The number of hydrogen-bond donors (Lipinski definition) is 0. The van der Waals surface area contributed by atoms with E-state index < -0.39 is 0 Å². The van der Waals surface area contributed by atoms with Crippen molar-refractivity contribution in [2.24, 2.45) is 0 Å². The first kappa shape index (κ1) is 16.9. The lowest BCUT2D eigenvalue weighted by atomic mass is 10.2. The molecule has 1 amide bonds. The van der Waals surface area contributed by atoms with Crippen LogP contribution in [0.1, 0.15) is 42.5 Å². The Kier molecular flexibility index (Phi) is 5.67. The van der Waals surface area contributed by atoms with Crippen molar-refractivity contribution >= 4 is 17.2 Å². The fourth-order valence-electron chi connectivity index (χ4n) is 3.24. The van der Waals surface area contributed by atoms with Gasteiger partial charge in [0.15, 0.2) is 0 Å². The predicted molar refractivity (Wildman–Crippen MR) is 93.7 cm³/mol. The maximum Gasteiger partial charge on any atom is 0.236 e. The summed E-state index contributed by atoms with van der Waals surface area (Å²) in [7, 11) is 0. The Morgan fingerprint density at radius 1 is 1.13 bits per heavy atom. The van der Waals surface area contributed by atoms with Gasteiger partial charge in [0.05, 0.1) is 13.1 Å². The topological polar surface area (TPSA) is 39.7 Å². The number of likely N-dealkylation sites (tertiary alicyclic amines) is 1. The Morgan fingerprint density at radius 3 is 2.43 bits per heavy atom. The maximum atomic E-state index is 12.4. The summed E-state index contributed by atoms with van der Waals surface area (Å²) in [6.07, 6.45) is 4.50. The third-order valence-corrected chi connectivity index (χ3v) is 6.06. The SMILES string of the molecule is CC(C)c1cnc(CN2CCN(C(=O)CN3CCCC3)CC2)s1. The first-order valence-corrected chi connectivity index (χ1v) is 9.60. The van der Waals surface area contributed by atoms with Gasteiger partial charge < -0.3 is 4.90 Å². The van der Waals surface area contributed by atoms with Crippen LogP contribution in [0.25, 0.3) is 0 Å². The number of thiazole rings is 1. The van der Waals surface area contributed by atoms with Gasteiger partial charge in [0, 0.05) is 37.3 Å². The Labute approximate surface area is 143 Å². The molecule has 0 bridgehead atoms. The van der Waals surface area contributed by atoms with Gasteiger partial charge in [-0.3, -0.25) is 14.6 Å². The van der Waals surface area contributed by atoms with Gasteiger partial charge in [-0.25, -0.2) is 4.98 Å². The fourth-order valence-corrected chi connectivity index (χ4v) is 4.21. The molecule has 2 aliphatic heterocycles. The van der Waals surface area contributed by atoms with Crippen molar-refractivity contribution in [1.29, 1.82) is 0 Å².